The van der Waals surface area contributed by atoms with E-state index in [9.17, 15) is 5.21 Å². The Morgan fingerprint density at radius 1 is 1.18 bits per heavy atom. The van der Waals surface area contributed by atoms with Crippen LogP contribution in [0.5, 0.6) is 0 Å². The maximum absolute atomic E-state index is 10.2. The molecule has 0 unspecified atom stereocenters. The van der Waals surface area contributed by atoms with Crippen LogP contribution in [0, 0.1) is 0 Å². The third kappa shape index (κ3) is 3.91. The van der Waals surface area contributed by atoms with Gasteiger partial charge < -0.3 is 16.3 Å². The van der Waals surface area contributed by atoms with Crippen LogP contribution in [0.3, 0.4) is 0 Å². The van der Waals surface area contributed by atoms with Crippen molar-refractivity contribution in [2.45, 2.75) is 70.5 Å². The highest BCUT2D eigenvalue weighted by molar-refractivity contribution is 4.98. The van der Waals surface area contributed by atoms with E-state index in [0.717, 1.165) is 38.8 Å². The zero-order valence-corrected chi connectivity index (χ0v) is 11.8. The van der Waals surface area contributed by atoms with E-state index >= 15 is 0 Å². The highest BCUT2D eigenvalue weighted by Crippen LogP contribution is 2.36. The molecule has 4 N–H and O–H groups in total. The molecule has 17 heavy (non-hydrogen) atoms. The topological polar surface area (TPSA) is 61.5 Å². The molecule has 1 aliphatic rings. The molecule has 0 aromatic rings. The third-order valence-corrected chi connectivity index (χ3v) is 3.70. The summed E-state index contributed by atoms with van der Waals surface area (Å²) in [6.07, 6.45) is 4.18. The van der Waals surface area contributed by atoms with E-state index in [4.69, 9.17) is 5.73 Å². The van der Waals surface area contributed by atoms with Gasteiger partial charge in [-0.1, -0.05) is 0 Å². The Labute approximate surface area is 106 Å². The lowest BCUT2D eigenvalue weighted by atomic mass is 9.79. The summed E-state index contributed by atoms with van der Waals surface area (Å²) in [6.45, 7) is 10.2. The Morgan fingerprint density at radius 2 is 1.71 bits per heavy atom. The fraction of sp³-hybridized carbons (Fsp3) is 1.00. The smallest absolute Gasteiger partial charge is 0.0425 e. The van der Waals surface area contributed by atoms with E-state index in [0.29, 0.717) is 6.04 Å². The van der Waals surface area contributed by atoms with Gasteiger partial charge in [0, 0.05) is 17.1 Å². The molecular formula is C13H29N3O. The summed E-state index contributed by atoms with van der Waals surface area (Å²) in [5.41, 5.74) is 5.17. The standard InChI is InChI=1S/C13H29N3O/c1-12(2)9-11(15-8-6-5-7-14)10-13(3,4)16(12)17/h11,15,17H,5-10,14H2,1-4H3. The molecule has 0 aromatic carbocycles. The largest absolute Gasteiger partial charge is 0.330 e. The molecule has 0 spiro atoms. The van der Waals surface area contributed by atoms with Gasteiger partial charge in [0.05, 0.1) is 0 Å². The minimum absolute atomic E-state index is 0.159. The summed E-state index contributed by atoms with van der Waals surface area (Å²) >= 11 is 0. The van der Waals surface area contributed by atoms with Gasteiger partial charge in [0.25, 0.3) is 0 Å². The van der Waals surface area contributed by atoms with Crippen LogP contribution in [0.15, 0.2) is 0 Å². The van der Waals surface area contributed by atoms with Gasteiger partial charge >= 0.3 is 0 Å². The number of rotatable bonds is 5. The molecule has 0 radical (unpaired) electrons. The van der Waals surface area contributed by atoms with Gasteiger partial charge in [0.15, 0.2) is 0 Å². The molecule has 1 fully saturated rings. The maximum Gasteiger partial charge on any atom is 0.0425 e. The lowest BCUT2D eigenvalue weighted by Crippen LogP contribution is -2.62. The lowest BCUT2D eigenvalue weighted by molar-refractivity contribution is -0.246. The average Bonchev–Trinajstić information content (AvgIpc) is 2.20. The molecule has 0 aromatic heterocycles. The Bertz CT molecular complexity index is 223. The number of hydrogen-bond donors (Lipinski definition) is 3. The summed E-state index contributed by atoms with van der Waals surface area (Å²) < 4.78 is 0. The molecule has 0 bridgehead atoms. The number of hydrogen-bond acceptors (Lipinski definition) is 4. The van der Waals surface area contributed by atoms with Gasteiger partial charge in [-0.05, 0) is 66.5 Å². The molecule has 4 nitrogen and oxygen atoms in total. The van der Waals surface area contributed by atoms with Gasteiger partial charge in [-0.2, -0.15) is 5.06 Å². The minimum Gasteiger partial charge on any atom is -0.330 e. The first-order valence-corrected chi connectivity index (χ1v) is 6.72. The predicted molar refractivity (Wildman–Crippen MR) is 71.1 cm³/mol. The Kier molecular flexibility index (Phi) is 4.95. The molecule has 1 aliphatic heterocycles. The zero-order valence-electron chi connectivity index (χ0n) is 11.8. The second-order valence-corrected chi connectivity index (χ2v) is 6.49. The van der Waals surface area contributed by atoms with Gasteiger partial charge in [0.2, 0.25) is 0 Å². The van der Waals surface area contributed by atoms with E-state index in [1.165, 1.54) is 5.06 Å². The SMILES string of the molecule is CC1(C)CC(NCCCCN)CC(C)(C)N1O. The van der Waals surface area contributed by atoms with E-state index in [-0.39, 0.29) is 11.1 Å². The third-order valence-electron chi connectivity index (χ3n) is 3.70. The molecule has 1 rings (SSSR count). The number of nitrogens with one attached hydrogen (secondary N) is 1. The number of piperidine rings is 1. The van der Waals surface area contributed by atoms with E-state index in [1.54, 1.807) is 0 Å². The fourth-order valence-corrected chi connectivity index (χ4v) is 2.99. The minimum atomic E-state index is -0.159. The van der Waals surface area contributed by atoms with Crippen molar-refractivity contribution in [3.63, 3.8) is 0 Å². The van der Waals surface area contributed by atoms with Gasteiger partial charge in [0.1, 0.15) is 0 Å². The molecule has 102 valence electrons. The normalized spacial score (nSPS) is 25.1. The van der Waals surface area contributed by atoms with Crippen molar-refractivity contribution in [2.75, 3.05) is 13.1 Å². The predicted octanol–water partition coefficient (Wildman–Crippen LogP) is 1.73. The van der Waals surface area contributed by atoms with Crippen molar-refractivity contribution in [1.82, 2.24) is 10.4 Å². The van der Waals surface area contributed by atoms with Gasteiger partial charge in [-0.15, -0.1) is 0 Å². The summed E-state index contributed by atoms with van der Waals surface area (Å²) in [7, 11) is 0. The van der Waals surface area contributed by atoms with Crippen LogP contribution in [0.25, 0.3) is 0 Å². The maximum atomic E-state index is 10.2. The van der Waals surface area contributed by atoms with Crippen molar-refractivity contribution < 1.29 is 5.21 Å². The molecule has 0 saturated carbocycles. The molecule has 1 heterocycles. The quantitative estimate of drug-likeness (QED) is 0.644. The van der Waals surface area contributed by atoms with Crippen molar-refractivity contribution in [3.8, 4) is 0 Å². The summed E-state index contributed by atoms with van der Waals surface area (Å²) in [5.74, 6) is 0. The number of nitrogens with two attached hydrogens (primary N) is 1. The monoisotopic (exact) mass is 243 g/mol. The molecule has 0 atom stereocenters. The van der Waals surface area contributed by atoms with Crippen LogP contribution >= 0.6 is 0 Å². The molecule has 0 aliphatic carbocycles. The van der Waals surface area contributed by atoms with Crippen molar-refractivity contribution in [1.29, 1.82) is 0 Å². The number of unbranched alkanes of at least 4 members (excludes halogenated alkanes) is 1. The van der Waals surface area contributed by atoms with Crippen molar-refractivity contribution in [2.24, 2.45) is 5.73 Å². The lowest BCUT2D eigenvalue weighted by Gasteiger charge is -2.51. The first kappa shape index (κ1) is 14.9. The second-order valence-electron chi connectivity index (χ2n) is 6.49. The van der Waals surface area contributed by atoms with E-state index in [2.05, 4.69) is 33.0 Å². The highest BCUT2D eigenvalue weighted by Gasteiger charge is 2.44. The first-order valence-electron chi connectivity index (χ1n) is 6.72. The summed E-state index contributed by atoms with van der Waals surface area (Å²) in [4.78, 5) is 0. The van der Waals surface area contributed by atoms with Crippen LogP contribution < -0.4 is 11.1 Å². The Balaban J connectivity index is 2.48. The van der Waals surface area contributed by atoms with Crippen LogP contribution in [-0.4, -0.2) is 40.5 Å². The van der Waals surface area contributed by atoms with Crippen LogP contribution in [-0.2, 0) is 0 Å². The zero-order chi connectivity index (χ0) is 13.1. The van der Waals surface area contributed by atoms with Gasteiger partial charge in [-0.3, -0.25) is 0 Å². The van der Waals surface area contributed by atoms with Gasteiger partial charge in [-0.25, -0.2) is 0 Å². The number of hydroxylamine groups is 2. The van der Waals surface area contributed by atoms with E-state index < -0.39 is 0 Å². The molecule has 0 amide bonds. The first-order chi connectivity index (χ1) is 7.79. The Hall–Kier alpha value is -0.160. The second kappa shape index (κ2) is 5.65. The average molecular weight is 243 g/mol. The highest BCUT2D eigenvalue weighted by atomic mass is 16.5. The number of nitrogens with zero attached hydrogens (tertiary/aromatic N) is 1. The molecular weight excluding hydrogens is 214 g/mol. The fourth-order valence-electron chi connectivity index (χ4n) is 2.99. The van der Waals surface area contributed by atoms with E-state index in [1.807, 2.05) is 0 Å². The van der Waals surface area contributed by atoms with Crippen LogP contribution in [0.2, 0.25) is 0 Å². The Morgan fingerprint density at radius 3 is 2.18 bits per heavy atom. The van der Waals surface area contributed by atoms with Crippen molar-refractivity contribution in [3.05, 3.63) is 0 Å². The molecule has 1 saturated heterocycles. The van der Waals surface area contributed by atoms with Crippen LogP contribution in [0.4, 0.5) is 0 Å². The molecule has 4 heteroatoms. The summed E-state index contributed by atoms with van der Waals surface area (Å²) in [6, 6.07) is 0.487. The van der Waals surface area contributed by atoms with Crippen LogP contribution in [0.1, 0.15) is 53.4 Å². The van der Waals surface area contributed by atoms with Crippen molar-refractivity contribution >= 4 is 0 Å². The summed E-state index contributed by atoms with van der Waals surface area (Å²) in [5, 5.41) is 15.3.